The molecule has 0 saturated heterocycles. The highest BCUT2D eigenvalue weighted by molar-refractivity contribution is 6.09. The number of nitrogens with one attached hydrogen (secondary N) is 1. The van der Waals surface area contributed by atoms with Gasteiger partial charge >= 0.3 is 11.7 Å². The lowest BCUT2D eigenvalue weighted by Gasteiger charge is -2.14. The summed E-state index contributed by atoms with van der Waals surface area (Å²) in [7, 11) is 0. The van der Waals surface area contributed by atoms with Crippen LogP contribution < -0.4 is 11.2 Å². The van der Waals surface area contributed by atoms with Crippen LogP contribution in [-0.4, -0.2) is 27.9 Å². The number of carbonyl (C=O) groups excluding carboxylic acids is 2. The van der Waals surface area contributed by atoms with Crippen molar-refractivity contribution in [2.75, 3.05) is 6.61 Å². The Bertz CT molecular complexity index is 1020. The van der Waals surface area contributed by atoms with Crippen LogP contribution in [0, 0.1) is 13.8 Å². The number of allylic oxidation sites excluding steroid dienone is 1. The molecule has 148 valence electrons. The van der Waals surface area contributed by atoms with Gasteiger partial charge in [0.25, 0.3) is 5.56 Å². The van der Waals surface area contributed by atoms with Gasteiger partial charge in [-0.05, 0) is 38.5 Å². The molecular formula is C21H24N2O5. The first kappa shape index (κ1) is 21.1. The van der Waals surface area contributed by atoms with Gasteiger partial charge in [-0.2, -0.15) is 0 Å². The molecule has 0 saturated carbocycles. The fourth-order valence-corrected chi connectivity index (χ4v) is 3.03. The first-order valence-electron chi connectivity index (χ1n) is 9.02. The summed E-state index contributed by atoms with van der Waals surface area (Å²) in [5.41, 5.74) is 1.39. The number of ketones is 1. The van der Waals surface area contributed by atoms with Crippen LogP contribution in [0.1, 0.15) is 46.6 Å². The highest BCUT2D eigenvalue weighted by Gasteiger charge is 2.21. The number of rotatable bonds is 7. The van der Waals surface area contributed by atoms with E-state index in [0.29, 0.717) is 12.0 Å². The minimum Gasteiger partial charge on any atom is -0.462 e. The molecule has 0 amide bonds. The molecule has 0 radical (unpaired) electrons. The minimum absolute atomic E-state index is 0.0639. The average molecular weight is 384 g/mol. The van der Waals surface area contributed by atoms with Gasteiger partial charge in [-0.1, -0.05) is 30.2 Å². The van der Waals surface area contributed by atoms with Gasteiger partial charge in [0.2, 0.25) is 5.78 Å². The molecular weight excluding hydrogens is 360 g/mol. The zero-order valence-electron chi connectivity index (χ0n) is 16.5. The van der Waals surface area contributed by atoms with Crippen molar-refractivity contribution in [2.24, 2.45) is 0 Å². The van der Waals surface area contributed by atoms with Crippen molar-refractivity contribution in [2.45, 2.75) is 40.7 Å². The molecule has 1 aromatic carbocycles. The zero-order valence-corrected chi connectivity index (χ0v) is 16.5. The molecule has 0 spiro atoms. The van der Waals surface area contributed by atoms with Crippen molar-refractivity contribution in [1.29, 1.82) is 0 Å². The standard InChI is InChI=1S/C21H24N2O5/c1-5-17-18(19(25)16-11-13(2)10-14(3)12-16)23(21(27)22-20(17)26)8-6-7-9-28-15(4)24/h6-7,10-12H,5,8-9H2,1-4H3,(H,22,26,27)/b7-6+. The fourth-order valence-electron chi connectivity index (χ4n) is 3.03. The number of aromatic amines is 1. The van der Waals surface area contributed by atoms with Crippen molar-refractivity contribution in [3.8, 4) is 0 Å². The van der Waals surface area contributed by atoms with Crippen LogP contribution in [0.3, 0.4) is 0 Å². The minimum atomic E-state index is -0.660. The molecule has 0 bridgehead atoms. The largest absolute Gasteiger partial charge is 0.462 e. The summed E-state index contributed by atoms with van der Waals surface area (Å²) in [6.45, 7) is 6.95. The second kappa shape index (κ2) is 9.12. The molecule has 2 rings (SSSR count). The van der Waals surface area contributed by atoms with Gasteiger partial charge in [0, 0.05) is 24.6 Å². The Morgan fingerprint density at radius 3 is 2.32 bits per heavy atom. The van der Waals surface area contributed by atoms with Crippen LogP contribution in [0.25, 0.3) is 0 Å². The van der Waals surface area contributed by atoms with Crippen molar-refractivity contribution in [3.63, 3.8) is 0 Å². The molecule has 28 heavy (non-hydrogen) atoms. The summed E-state index contributed by atoms with van der Waals surface area (Å²) in [5, 5.41) is 0. The van der Waals surface area contributed by atoms with Gasteiger partial charge in [-0.15, -0.1) is 0 Å². The molecule has 0 aliphatic carbocycles. The number of H-pyrrole nitrogens is 1. The maximum absolute atomic E-state index is 13.2. The molecule has 0 aliphatic rings. The molecule has 1 heterocycles. The predicted octanol–water partition coefficient (Wildman–Crippen LogP) is 2.07. The number of esters is 1. The Morgan fingerprint density at radius 1 is 1.11 bits per heavy atom. The lowest BCUT2D eigenvalue weighted by atomic mass is 9.99. The van der Waals surface area contributed by atoms with E-state index in [1.165, 1.54) is 11.5 Å². The molecule has 1 N–H and O–H groups in total. The van der Waals surface area contributed by atoms with Crippen LogP contribution in [0.15, 0.2) is 39.9 Å². The number of aromatic nitrogens is 2. The van der Waals surface area contributed by atoms with E-state index in [1.807, 2.05) is 19.9 Å². The summed E-state index contributed by atoms with van der Waals surface area (Å²) >= 11 is 0. The van der Waals surface area contributed by atoms with E-state index in [2.05, 4.69) is 4.98 Å². The maximum atomic E-state index is 13.2. The van der Waals surface area contributed by atoms with Gasteiger partial charge < -0.3 is 4.74 Å². The number of carbonyl (C=O) groups is 2. The fraction of sp³-hybridized carbons (Fsp3) is 0.333. The van der Waals surface area contributed by atoms with Crippen LogP contribution in [0.5, 0.6) is 0 Å². The molecule has 0 atom stereocenters. The smallest absolute Gasteiger partial charge is 0.329 e. The SMILES string of the molecule is CCc1c(C(=O)c2cc(C)cc(C)c2)n(C/C=C/COC(C)=O)c(=O)[nH]c1=O. The highest BCUT2D eigenvalue weighted by Crippen LogP contribution is 2.15. The number of benzene rings is 1. The number of nitrogens with zero attached hydrogens (tertiary/aromatic N) is 1. The molecule has 7 heteroatoms. The van der Waals surface area contributed by atoms with Crippen molar-refractivity contribution in [1.82, 2.24) is 9.55 Å². The Balaban J connectivity index is 2.54. The first-order valence-corrected chi connectivity index (χ1v) is 9.02. The third-order valence-corrected chi connectivity index (χ3v) is 4.19. The van der Waals surface area contributed by atoms with Crippen LogP contribution in [-0.2, 0) is 22.5 Å². The monoisotopic (exact) mass is 384 g/mol. The highest BCUT2D eigenvalue weighted by atomic mass is 16.5. The first-order chi connectivity index (χ1) is 13.2. The van der Waals surface area contributed by atoms with Crippen molar-refractivity contribution < 1.29 is 14.3 Å². The van der Waals surface area contributed by atoms with E-state index in [0.717, 1.165) is 11.1 Å². The Kier molecular flexibility index (Phi) is 6.87. The van der Waals surface area contributed by atoms with Crippen molar-refractivity contribution in [3.05, 3.63) is 79.1 Å². The van der Waals surface area contributed by atoms with Gasteiger partial charge in [0.05, 0.1) is 0 Å². The third-order valence-electron chi connectivity index (χ3n) is 4.19. The van der Waals surface area contributed by atoms with Crippen molar-refractivity contribution >= 4 is 11.8 Å². The maximum Gasteiger partial charge on any atom is 0.329 e. The lowest BCUT2D eigenvalue weighted by Crippen LogP contribution is -2.37. The van der Waals surface area contributed by atoms with E-state index in [4.69, 9.17) is 4.74 Å². The summed E-state index contributed by atoms with van der Waals surface area (Å²) in [6, 6.07) is 5.42. The molecule has 1 aromatic heterocycles. The van der Waals surface area contributed by atoms with Gasteiger partial charge in [-0.3, -0.25) is 23.9 Å². The second-order valence-electron chi connectivity index (χ2n) is 6.53. The van der Waals surface area contributed by atoms with E-state index in [9.17, 15) is 19.2 Å². The Hall–Kier alpha value is -3.22. The normalized spacial score (nSPS) is 11.0. The zero-order chi connectivity index (χ0) is 20.8. The Labute approximate surface area is 162 Å². The summed E-state index contributed by atoms with van der Waals surface area (Å²) in [6.07, 6.45) is 3.49. The molecule has 7 nitrogen and oxygen atoms in total. The topological polar surface area (TPSA) is 98.2 Å². The predicted molar refractivity (Wildman–Crippen MR) is 106 cm³/mol. The van der Waals surface area contributed by atoms with E-state index >= 15 is 0 Å². The molecule has 0 unspecified atom stereocenters. The van der Waals surface area contributed by atoms with Crippen LogP contribution >= 0.6 is 0 Å². The van der Waals surface area contributed by atoms with Crippen LogP contribution in [0.4, 0.5) is 0 Å². The number of hydrogen-bond acceptors (Lipinski definition) is 5. The molecule has 2 aromatic rings. The van der Waals surface area contributed by atoms with Gasteiger partial charge in [0.1, 0.15) is 12.3 Å². The van der Waals surface area contributed by atoms with E-state index in [-0.39, 0.29) is 30.2 Å². The van der Waals surface area contributed by atoms with Gasteiger partial charge in [0.15, 0.2) is 0 Å². The number of hydrogen-bond donors (Lipinski definition) is 1. The summed E-state index contributed by atoms with van der Waals surface area (Å²) in [4.78, 5) is 51.0. The third kappa shape index (κ3) is 4.94. The van der Waals surface area contributed by atoms with Gasteiger partial charge in [-0.25, -0.2) is 4.79 Å². The quantitative estimate of drug-likeness (QED) is 0.448. The average Bonchev–Trinajstić information content (AvgIpc) is 2.60. The summed E-state index contributed by atoms with van der Waals surface area (Å²) in [5.74, 6) is -0.787. The number of ether oxygens (including phenoxy) is 1. The molecule has 0 fully saturated rings. The lowest BCUT2D eigenvalue weighted by molar-refractivity contribution is -0.139. The van der Waals surface area contributed by atoms with E-state index < -0.39 is 17.2 Å². The number of aryl methyl sites for hydroxylation is 2. The van der Waals surface area contributed by atoms with E-state index in [1.54, 1.807) is 31.2 Å². The molecule has 0 aliphatic heterocycles. The Morgan fingerprint density at radius 2 is 1.75 bits per heavy atom. The second-order valence-corrected chi connectivity index (χ2v) is 6.53. The van der Waals surface area contributed by atoms with Crippen LogP contribution in [0.2, 0.25) is 0 Å². The summed E-state index contributed by atoms with van der Waals surface area (Å²) < 4.78 is 6.05.